The van der Waals surface area contributed by atoms with Crippen molar-refractivity contribution in [1.82, 2.24) is 4.90 Å². The molecule has 1 unspecified atom stereocenters. The van der Waals surface area contributed by atoms with Gasteiger partial charge >= 0.3 is 0 Å². The Morgan fingerprint density at radius 1 is 1.58 bits per heavy atom. The molecular weight excluding hydrogens is 262 g/mol. The molecule has 1 rings (SSSR count). The molecule has 5 heteroatoms. The molecule has 0 aliphatic rings. The smallest absolute Gasteiger partial charge is 0.246 e. The van der Waals surface area contributed by atoms with Crippen LogP contribution in [0.25, 0.3) is 0 Å². The molecule has 0 N–H and O–H groups in total. The van der Waals surface area contributed by atoms with E-state index < -0.39 is 0 Å². The molecule has 1 aromatic heterocycles. The van der Waals surface area contributed by atoms with Crippen LogP contribution in [0.4, 0.5) is 0 Å². The maximum Gasteiger partial charge on any atom is 0.246 e. The van der Waals surface area contributed by atoms with Crippen LogP contribution in [0.3, 0.4) is 0 Å². The van der Waals surface area contributed by atoms with Crippen molar-refractivity contribution in [3.8, 4) is 5.06 Å². The number of carbonyl (C=O) groups excluding carboxylic acids is 1. The molecular formula is C14H21NO3S. The zero-order chi connectivity index (χ0) is 14.3. The molecule has 0 saturated carbocycles. The maximum absolute atomic E-state index is 11.9. The largest absolute Gasteiger partial charge is 0.487 e. The molecule has 0 aliphatic heterocycles. The number of rotatable bonds is 8. The number of methoxy groups -OCH3 is 2. The number of nitrogens with zero attached hydrogens (tertiary/aromatic N) is 1. The van der Waals surface area contributed by atoms with Crippen molar-refractivity contribution < 1.29 is 14.3 Å². The normalized spacial score (nSPS) is 11.9. The van der Waals surface area contributed by atoms with Crippen LogP contribution >= 0.6 is 11.3 Å². The molecule has 0 radical (unpaired) electrons. The van der Waals surface area contributed by atoms with Crippen molar-refractivity contribution in [3.63, 3.8) is 0 Å². The van der Waals surface area contributed by atoms with Crippen LogP contribution in [-0.4, -0.2) is 37.7 Å². The summed E-state index contributed by atoms with van der Waals surface area (Å²) in [6.45, 7) is 6.65. The van der Waals surface area contributed by atoms with Crippen molar-refractivity contribution in [1.29, 1.82) is 0 Å². The van der Waals surface area contributed by atoms with Gasteiger partial charge in [0.15, 0.2) is 5.06 Å². The summed E-state index contributed by atoms with van der Waals surface area (Å²) in [5.41, 5.74) is 1.01. The third-order valence-electron chi connectivity index (χ3n) is 2.95. The van der Waals surface area contributed by atoms with Gasteiger partial charge in [0, 0.05) is 19.2 Å². The van der Waals surface area contributed by atoms with Crippen molar-refractivity contribution in [3.05, 3.63) is 29.7 Å². The number of thiophene rings is 1. The average Bonchev–Trinajstić information content (AvgIpc) is 2.89. The lowest BCUT2D eigenvalue weighted by Crippen LogP contribution is -2.36. The van der Waals surface area contributed by atoms with Gasteiger partial charge < -0.3 is 14.4 Å². The average molecular weight is 283 g/mol. The number of ether oxygens (including phenoxy) is 2. The van der Waals surface area contributed by atoms with Gasteiger partial charge in [-0.15, -0.1) is 11.3 Å². The molecule has 1 amide bonds. The fraction of sp³-hybridized carbons (Fsp3) is 0.500. The van der Waals surface area contributed by atoms with E-state index >= 15 is 0 Å². The van der Waals surface area contributed by atoms with Crippen LogP contribution in [-0.2, 0) is 16.1 Å². The molecule has 0 bridgehead atoms. The van der Waals surface area contributed by atoms with Gasteiger partial charge in [0.05, 0.1) is 19.8 Å². The maximum atomic E-state index is 11.9. The van der Waals surface area contributed by atoms with E-state index in [9.17, 15) is 4.79 Å². The fourth-order valence-corrected chi connectivity index (χ4v) is 2.54. The second-order valence-corrected chi connectivity index (χ2v) is 5.00. The Bertz CT molecular complexity index is 413. The summed E-state index contributed by atoms with van der Waals surface area (Å²) in [4.78, 5) is 13.7. The molecule has 106 valence electrons. The lowest BCUT2D eigenvalue weighted by Gasteiger charge is -2.25. The Hall–Kier alpha value is -1.33. The highest BCUT2D eigenvalue weighted by Gasteiger charge is 2.18. The monoisotopic (exact) mass is 283 g/mol. The fourth-order valence-electron chi connectivity index (χ4n) is 1.80. The molecule has 19 heavy (non-hydrogen) atoms. The number of amides is 1. The van der Waals surface area contributed by atoms with Crippen LogP contribution in [0.2, 0.25) is 0 Å². The van der Waals surface area contributed by atoms with Gasteiger partial charge in [0.2, 0.25) is 5.91 Å². The van der Waals surface area contributed by atoms with Crippen molar-refractivity contribution in [2.24, 2.45) is 0 Å². The standard InChI is InChI=1S/C14H21NO3S/c1-5-12(17-3)10-15(13(16)6-2)9-11-7-8-19-14(11)18-4/h6-8,12H,2,5,9-10H2,1,3-4H3. The second kappa shape index (κ2) is 7.96. The minimum Gasteiger partial charge on any atom is -0.487 e. The summed E-state index contributed by atoms with van der Waals surface area (Å²) in [6.07, 6.45) is 2.23. The highest BCUT2D eigenvalue weighted by molar-refractivity contribution is 7.12. The van der Waals surface area contributed by atoms with E-state index in [1.807, 2.05) is 18.4 Å². The van der Waals surface area contributed by atoms with E-state index in [0.29, 0.717) is 13.1 Å². The third-order valence-corrected chi connectivity index (χ3v) is 3.87. The molecule has 4 nitrogen and oxygen atoms in total. The predicted octanol–water partition coefficient (Wildman–Crippen LogP) is 2.70. The highest BCUT2D eigenvalue weighted by atomic mass is 32.1. The molecule has 1 atom stereocenters. The van der Waals surface area contributed by atoms with Gasteiger partial charge in [-0.3, -0.25) is 4.79 Å². The van der Waals surface area contributed by atoms with E-state index in [1.54, 1.807) is 19.1 Å². The lowest BCUT2D eigenvalue weighted by molar-refractivity contribution is -0.128. The first-order valence-corrected chi connectivity index (χ1v) is 7.08. The number of hydrogen-bond acceptors (Lipinski definition) is 4. The molecule has 0 aliphatic carbocycles. The minimum absolute atomic E-state index is 0.0357. The Kier molecular flexibility index (Phi) is 6.59. The van der Waals surface area contributed by atoms with E-state index in [4.69, 9.17) is 9.47 Å². The topological polar surface area (TPSA) is 38.8 Å². The summed E-state index contributed by atoms with van der Waals surface area (Å²) in [5, 5.41) is 2.80. The molecule has 1 heterocycles. The van der Waals surface area contributed by atoms with Gasteiger partial charge in [-0.1, -0.05) is 13.5 Å². The molecule has 0 saturated heterocycles. The van der Waals surface area contributed by atoms with Gasteiger partial charge in [0.1, 0.15) is 0 Å². The summed E-state index contributed by atoms with van der Waals surface area (Å²) in [6, 6.07) is 1.97. The van der Waals surface area contributed by atoms with E-state index in [0.717, 1.165) is 17.0 Å². The van der Waals surface area contributed by atoms with Gasteiger partial charge in [-0.2, -0.15) is 0 Å². The van der Waals surface area contributed by atoms with Gasteiger partial charge in [-0.25, -0.2) is 0 Å². The Labute approximate surface area is 118 Å². The van der Waals surface area contributed by atoms with Crippen molar-refractivity contribution >= 4 is 17.2 Å². The van der Waals surface area contributed by atoms with E-state index in [-0.39, 0.29) is 12.0 Å². The molecule has 0 fully saturated rings. The van der Waals surface area contributed by atoms with Gasteiger partial charge in [0.25, 0.3) is 0 Å². The molecule has 1 aromatic rings. The van der Waals surface area contributed by atoms with E-state index in [1.165, 1.54) is 17.4 Å². The molecule has 0 aromatic carbocycles. The summed E-state index contributed by atoms with van der Waals surface area (Å²) in [5.74, 6) is -0.0937. The minimum atomic E-state index is -0.0937. The zero-order valence-electron chi connectivity index (χ0n) is 11.7. The Morgan fingerprint density at radius 3 is 2.84 bits per heavy atom. The second-order valence-electron chi connectivity index (χ2n) is 4.13. The first-order chi connectivity index (χ1) is 9.15. The first-order valence-electron chi connectivity index (χ1n) is 6.20. The van der Waals surface area contributed by atoms with Crippen molar-refractivity contribution in [2.45, 2.75) is 26.0 Å². The van der Waals surface area contributed by atoms with Crippen molar-refractivity contribution in [2.75, 3.05) is 20.8 Å². The quantitative estimate of drug-likeness (QED) is 0.689. The SMILES string of the molecule is C=CC(=O)N(Cc1ccsc1OC)CC(CC)OC. The molecule has 0 spiro atoms. The Balaban J connectivity index is 2.80. The van der Waals surface area contributed by atoms with Crippen LogP contribution in [0, 0.1) is 0 Å². The van der Waals surface area contributed by atoms with Crippen LogP contribution in [0.15, 0.2) is 24.1 Å². The van der Waals surface area contributed by atoms with Crippen LogP contribution in [0.5, 0.6) is 5.06 Å². The lowest BCUT2D eigenvalue weighted by atomic mass is 10.2. The van der Waals surface area contributed by atoms with Crippen LogP contribution < -0.4 is 4.74 Å². The van der Waals surface area contributed by atoms with Gasteiger partial charge in [-0.05, 0) is 23.9 Å². The summed E-state index contributed by atoms with van der Waals surface area (Å²) >= 11 is 1.52. The Morgan fingerprint density at radius 2 is 2.32 bits per heavy atom. The summed E-state index contributed by atoms with van der Waals surface area (Å²) < 4.78 is 10.6. The predicted molar refractivity (Wildman–Crippen MR) is 77.6 cm³/mol. The summed E-state index contributed by atoms with van der Waals surface area (Å²) in [7, 11) is 3.30. The number of carbonyl (C=O) groups is 1. The van der Waals surface area contributed by atoms with E-state index in [2.05, 4.69) is 6.58 Å². The first kappa shape index (κ1) is 15.7. The zero-order valence-corrected chi connectivity index (χ0v) is 12.5. The van der Waals surface area contributed by atoms with Crippen LogP contribution in [0.1, 0.15) is 18.9 Å². The number of hydrogen-bond donors (Lipinski definition) is 0. The third kappa shape index (κ3) is 4.36. The highest BCUT2D eigenvalue weighted by Crippen LogP contribution is 2.27.